The lowest BCUT2D eigenvalue weighted by Gasteiger charge is -2.35. The molecule has 0 fully saturated rings. The number of phenols is 2. The Morgan fingerprint density at radius 1 is 1.14 bits per heavy atom. The summed E-state index contributed by atoms with van der Waals surface area (Å²) in [5.41, 5.74) is 16.5. The van der Waals surface area contributed by atoms with Gasteiger partial charge in [0.05, 0.1) is 0 Å². The van der Waals surface area contributed by atoms with Gasteiger partial charge in [-0.2, -0.15) is 0 Å². The van der Waals surface area contributed by atoms with Crippen molar-refractivity contribution in [3.05, 3.63) is 47.0 Å². The molecule has 1 heterocycles. The number of phenolic OH excluding ortho intramolecular Hbond substituents is 2. The highest BCUT2D eigenvalue weighted by Gasteiger charge is 2.25. The molecule has 2 aromatic carbocycles. The highest BCUT2D eigenvalue weighted by Crippen LogP contribution is 2.37. The molecule has 3 rings (SSSR count). The minimum atomic E-state index is -0.0732. The molecule has 22 heavy (non-hydrogen) atoms. The summed E-state index contributed by atoms with van der Waals surface area (Å²) < 4.78 is 0. The Balaban J connectivity index is 1.88. The zero-order valence-corrected chi connectivity index (χ0v) is 12.6. The van der Waals surface area contributed by atoms with Crippen LogP contribution in [-0.2, 0) is 13.0 Å². The van der Waals surface area contributed by atoms with Crippen LogP contribution in [0.1, 0.15) is 29.7 Å². The summed E-state index contributed by atoms with van der Waals surface area (Å²) in [6.45, 7) is 3.67. The van der Waals surface area contributed by atoms with Crippen molar-refractivity contribution < 1.29 is 10.2 Å². The van der Waals surface area contributed by atoms with E-state index < -0.39 is 0 Å². The van der Waals surface area contributed by atoms with Gasteiger partial charge in [-0.05, 0) is 60.4 Å². The first-order chi connectivity index (χ1) is 10.5. The summed E-state index contributed by atoms with van der Waals surface area (Å²) in [6.07, 6.45) is 0.829. The molecule has 1 aliphatic rings. The highest BCUT2D eigenvalue weighted by molar-refractivity contribution is 5.55. The number of nitrogens with two attached hydrogens (primary N) is 2. The van der Waals surface area contributed by atoms with Crippen LogP contribution in [0.25, 0.3) is 0 Å². The van der Waals surface area contributed by atoms with Crippen molar-refractivity contribution >= 4 is 11.4 Å². The molecule has 0 aromatic heterocycles. The minimum Gasteiger partial charge on any atom is -0.504 e. The molecule has 0 bridgehead atoms. The average molecular weight is 299 g/mol. The second-order valence-corrected chi connectivity index (χ2v) is 5.89. The predicted molar refractivity (Wildman–Crippen MR) is 87.6 cm³/mol. The molecule has 116 valence electrons. The van der Waals surface area contributed by atoms with Gasteiger partial charge in [0.25, 0.3) is 0 Å². The fourth-order valence-corrected chi connectivity index (χ4v) is 3.09. The number of benzene rings is 2. The van der Waals surface area contributed by atoms with Gasteiger partial charge in [-0.3, -0.25) is 4.90 Å². The Morgan fingerprint density at radius 3 is 2.64 bits per heavy atom. The topological polar surface area (TPSA) is 95.7 Å². The monoisotopic (exact) mass is 299 g/mol. The Bertz CT molecular complexity index is 715. The fourth-order valence-electron chi connectivity index (χ4n) is 3.09. The molecule has 5 heteroatoms. The van der Waals surface area contributed by atoms with Crippen LogP contribution in [0.2, 0.25) is 0 Å². The molecule has 6 N–H and O–H groups in total. The van der Waals surface area contributed by atoms with E-state index in [0.29, 0.717) is 12.2 Å². The number of aromatic hydroxyl groups is 2. The normalized spacial score (nSPS) is 18.1. The average Bonchev–Trinajstić information content (AvgIpc) is 2.48. The molecule has 0 spiro atoms. The number of fused-ring (bicyclic) bond motifs is 1. The van der Waals surface area contributed by atoms with E-state index >= 15 is 0 Å². The third-order valence-electron chi connectivity index (χ3n) is 4.44. The first-order valence-electron chi connectivity index (χ1n) is 7.38. The van der Waals surface area contributed by atoms with Gasteiger partial charge in [0.15, 0.2) is 11.5 Å². The molecule has 1 unspecified atom stereocenters. The molecule has 0 aliphatic carbocycles. The molecule has 0 saturated heterocycles. The van der Waals surface area contributed by atoms with Crippen molar-refractivity contribution in [2.24, 2.45) is 0 Å². The third-order valence-corrected chi connectivity index (χ3v) is 4.44. The van der Waals surface area contributed by atoms with E-state index in [1.54, 1.807) is 18.2 Å². The van der Waals surface area contributed by atoms with Crippen molar-refractivity contribution in [1.82, 2.24) is 4.90 Å². The Labute approximate surface area is 129 Å². The van der Waals surface area contributed by atoms with Crippen molar-refractivity contribution in [1.29, 1.82) is 0 Å². The number of hydrogen-bond acceptors (Lipinski definition) is 5. The molecule has 0 saturated carbocycles. The number of rotatable bonds is 2. The molecular formula is C17H21N3O2. The summed E-state index contributed by atoms with van der Waals surface area (Å²) in [7, 11) is 0. The standard InChI is InChI=1S/C17H21N3O2/c1-10-14-8-17(22)16(21)7-11(14)4-5-20(10)9-12-6-13(18)2-3-15(12)19/h2-3,6-8,10,21-22H,4-5,9,18-19H2,1H3. The number of hydrogen-bond donors (Lipinski definition) is 4. The highest BCUT2D eigenvalue weighted by atomic mass is 16.3. The fraction of sp³-hybridized carbons (Fsp3) is 0.294. The minimum absolute atomic E-state index is 0.0560. The summed E-state index contributed by atoms with van der Waals surface area (Å²) in [6, 6.07) is 8.99. The maximum Gasteiger partial charge on any atom is 0.157 e. The van der Waals surface area contributed by atoms with Crippen molar-refractivity contribution in [2.75, 3.05) is 18.0 Å². The Kier molecular flexibility index (Phi) is 3.58. The lowest BCUT2D eigenvalue weighted by atomic mass is 9.92. The maximum atomic E-state index is 9.74. The summed E-state index contributed by atoms with van der Waals surface area (Å²) >= 11 is 0. The van der Waals surface area contributed by atoms with Crippen LogP contribution in [-0.4, -0.2) is 21.7 Å². The summed E-state index contributed by atoms with van der Waals surface area (Å²) in [4.78, 5) is 2.30. The van der Waals surface area contributed by atoms with Crippen LogP contribution in [0.4, 0.5) is 11.4 Å². The van der Waals surface area contributed by atoms with Crippen molar-refractivity contribution in [3.63, 3.8) is 0 Å². The molecule has 5 nitrogen and oxygen atoms in total. The van der Waals surface area contributed by atoms with Gasteiger partial charge >= 0.3 is 0 Å². The maximum absolute atomic E-state index is 9.74. The first kappa shape index (κ1) is 14.5. The van der Waals surface area contributed by atoms with Crippen LogP contribution in [0.15, 0.2) is 30.3 Å². The Morgan fingerprint density at radius 2 is 1.86 bits per heavy atom. The first-order valence-corrected chi connectivity index (χ1v) is 7.38. The Hall–Kier alpha value is -2.40. The zero-order valence-electron chi connectivity index (χ0n) is 12.6. The van der Waals surface area contributed by atoms with Gasteiger partial charge in [0.1, 0.15) is 0 Å². The second-order valence-electron chi connectivity index (χ2n) is 5.89. The largest absolute Gasteiger partial charge is 0.504 e. The molecule has 1 atom stereocenters. The molecule has 1 aliphatic heterocycles. The van der Waals surface area contributed by atoms with Crippen molar-refractivity contribution in [2.45, 2.75) is 25.9 Å². The van der Waals surface area contributed by atoms with Gasteiger partial charge in [-0.15, -0.1) is 0 Å². The zero-order chi connectivity index (χ0) is 15.9. The molecular weight excluding hydrogens is 278 g/mol. The van der Waals surface area contributed by atoms with Gasteiger partial charge in [0, 0.05) is 30.5 Å². The van der Waals surface area contributed by atoms with Gasteiger partial charge in [-0.1, -0.05) is 0 Å². The SMILES string of the molecule is CC1c2cc(O)c(O)cc2CCN1Cc1cc(N)ccc1N. The van der Waals surface area contributed by atoms with E-state index in [1.807, 2.05) is 12.1 Å². The van der Waals surface area contributed by atoms with Gasteiger partial charge < -0.3 is 21.7 Å². The van der Waals surface area contributed by atoms with Crippen LogP contribution in [0.3, 0.4) is 0 Å². The molecule has 2 aromatic rings. The smallest absolute Gasteiger partial charge is 0.157 e. The van der Waals surface area contributed by atoms with Crippen LogP contribution >= 0.6 is 0 Å². The number of nitrogens with zero attached hydrogens (tertiary/aromatic N) is 1. The quantitative estimate of drug-likeness (QED) is 0.504. The summed E-state index contributed by atoms with van der Waals surface area (Å²) in [5, 5.41) is 19.4. The summed E-state index contributed by atoms with van der Waals surface area (Å²) in [5.74, 6) is -0.129. The van der Waals surface area contributed by atoms with E-state index in [2.05, 4.69) is 11.8 Å². The number of nitrogen functional groups attached to an aromatic ring is 2. The van der Waals surface area contributed by atoms with Crippen LogP contribution in [0.5, 0.6) is 11.5 Å². The van der Waals surface area contributed by atoms with E-state index in [1.165, 1.54) is 0 Å². The number of anilines is 2. The van der Waals surface area contributed by atoms with E-state index in [-0.39, 0.29) is 17.5 Å². The van der Waals surface area contributed by atoms with Gasteiger partial charge in [0.2, 0.25) is 0 Å². The van der Waals surface area contributed by atoms with E-state index in [4.69, 9.17) is 11.5 Å². The van der Waals surface area contributed by atoms with E-state index in [9.17, 15) is 10.2 Å². The van der Waals surface area contributed by atoms with Crippen LogP contribution in [0, 0.1) is 0 Å². The van der Waals surface area contributed by atoms with E-state index in [0.717, 1.165) is 35.3 Å². The van der Waals surface area contributed by atoms with Crippen molar-refractivity contribution in [3.8, 4) is 11.5 Å². The molecule has 0 amide bonds. The van der Waals surface area contributed by atoms with Crippen LogP contribution < -0.4 is 11.5 Å². The lowest BCUT2D eigenvalue weighted by molar-refractivity contribution is 0.189. The second kappa shape index (κ2) is 5.42. The lowest BCUT2D eigenvalue weighted by Crippen LogP contribution is -2.33. The van der Waals surface area contributed by atoms with Gasteiger partial charge in [-0.25, -0.2) is 0 Å². The predicted octanol–water partition coefficient (Wildman–Crippen LogP) is 2.38. The third kappa shape index (κ3) is 2.55. The molecule has 0 radical (unpaired) electrons.